The molecule has 4 rings (SSSR count). The predicted octanol–water partition coefficient (Wildman–Crippen LogP) is 2.38. The normalized spacial score (nSPS) is 24.8. The summed E-state index contributed by atoms with van der Waals surface area (Å²) in [7, 11) is 2.17. The van der Waals surface area contributed by atoms with Crippen molar-refractivity contribution in [2.45, 2.75) is 32.9 Å². The highest BCUT2D eigenvalue weighted by molar-refractivity contribution is 7.18. The molecule has 0 saturated carbocycles. The number of piperazine rings is 1. The van der Waals surface area contributed by atoms with Gasteiger partial charge in [-0.2, -0.15) is 0 Å². The second-order valence-electron chi connectivity index (χ2n) is 7.35. The Hall–Kier alpha value is -1.44. The quantitative estimate of drug-likeness (QED) is 0.879. The molecule has 1 aromatic rings. The molecule has 6 nitrogen and oxygen atoms in total. The largest absolute Gasteiger partial charge is 0.338 e. The van der Waals surface area contributed by atoms with E-state index < -0.39 is 0 Å². The Bertz CT molecular complexity index is 699. The van der Waals surface area contributed by atoms with Crippen molar-refractivity contribution in [1.29, 1.82) is 0 Å². The number of fused-ring (bicyclic) bond motifs is 1. The Kier molecular flexibility index (Phi) is 4.56. The zero-order chi connectivity index (χ0) is 17.6. The summed E-state index contributed by atoms with van der Waals surface area (Å²) in [6.07, 6.45) is 2.29. The zero-order valence-electron chi connectivity index (χ0n) is 15.3. The minimum atomic E-state index is 0.0429. The first kappa shape index (κ1) is 17.0. The molecule has 1 aromatic heterocycles. The van der Waals surface area contributed by atoms with Gasteiger partial charge in [0.15, 0.2) is 0 Å². The lowest BCUT2D eigenvalue weighted by Gasteiger charge is -2.38. The molecule has 4 heterocycles. The number of hydrogen-bond acceptors (Lipinski definition) is 6. The summed E-state index contributed by atoms with van der Waals surface area (Å²) in [5.41, 5.74) is 2.33. The number of amidine groups is 1. The molecule has 1 amide bonds. The molecular weight excluding hydrogens is 334 g/mol. The molecular formula is C18H27N5OS. The maximum Gasteiger partial charge on any atom is 0.264 e. The molecule has 136 valence electrons. The molecule has 1 atom stereocenters. The summed E-state index contributed by atoms with van der Waals surface area (Å²) in [5, 5.41) is 4.51. The highest BCUT2D eigenvalue weighted by atomic mass is 32.1. The van der Waals surface area contributed by atoms with Crippen LogP contribution in [0.3, 0.4) is 0 Å². The van der Waals surface area contributed by atoms with Gasteiger partial charge in [-0.05, 0) is 39.3 Å². The van der Waals surface area contributed by atoms with E-state index in [9.17, 15) is 4.79 Å². The number of carbonyl (C=O) groups excluding carboxylic acids is 1. The maximum absolute atomic E-state index is 12.9. The zero-order valence-corrected chi connectivity index (χ0v) is 16.2. The van der Waals surface area contributed by atoms with E-state index in [0.29, 0.717) is 0 Å². The van der Waals surface area contributed by atoms with Crippen LogP contribution in [-0.2, 0) is 0 Å². The van der Waals surface area contributed by atoms with E-state index in [4.69, 9.17) is 4.99 Å². The molecule has 0 aromatic carbocycles. The van der Waals surface area contributed by atoms with E-state index in [2.05, 4.69) is 29.1 Å². The summed E-state index contributed by atoms with van der Waals surface area (Å²) in [4.78, 5) is 25.5. The third-order valence-corrected chi connectivity index (χ3v) is 6.74. The van der Waals surface area contributed by atoms with Crippen molar-refractivity contribution in [2.24, 2.45) is 4.99 Å². The van der Waals surface area contributed by atoms with Gasteiger partial charge in [-0.1, -0.05) is 0 Å². The predicted molar refractivity (Wildman–Crippen MR) is 103 cm³/mol. The van der Waals surface area contributed by atoms with Gasteiger partial charge in [0, 0.05) is 44.8 Å². The number of nitrogens with zero attached hydrogens (tertiary/aromatic N) is 4. The van der Waals surface area contributed by atoms with Crippen LogP contribution in [0.5, 0.6) is 0 Å². The standard InChI is InChI=1S/C18H27N5OS/c1-12-14-16(22-10-8-21(3)9-11-22)19-13(2)20-17(14)25-15(12)18(24)23-6-4-5-7-23/h16H,4-11H2,1-3H3,(H,19,20). The topological polar surface area (TPSA) is 51.2 Å². The molecule has 0 aliphatic carbocycles. The van der Waals surface area contributed by atoms with Gasteiger partial charge < -0.3 is 15.1 Å². The van der Waals surface area contributed by atoms with Gasteiger partial charge in [0.2, 0.25) is 0 Å². The molecule has 2 saturated heterocycles. The minimum absolute atomic E-state index is 0.0429. The molecule has 0 radical (unpaired) electrons. The van der Waals surface area contributed by atoms with Crippen molar-refractivity contribution in [2.75, 3.05) is 51.6 Å². The van der Waals surface area contributed by atoms with Gasteiger partial charge >= 0.3 is 0 Å². The first-order chi connectivity index (χ1) is 12.0. The summed E-state index contributed by atoms with van der Waals surface area (Å²) < 4.78 is 0. The number of rotatable bonds is 2. The van der Waals surface area contributed by atoms with Crippen LogP contribution >= 0.6 is 11.3 Å². The molecule has 7 heteroatoms. The second kappa shape index (κ2) is 6.70. The third kappa shape index (κ3) is 3.09. The molecule has 2 fully saturated rings. The van der Waals surface area contributed by atoms with E-state index in [-0.39, 0.29) is 12.1 Å². The fourth-order valence-electron chi connectivity index (χ4n) is 3.97. The first-order valence-electron chi connectivity index (χ1n) is 9.21. The Morgan fingerprint density at radius 1 is 1.12 bits per heavy atom. The lowest BCUT2D eigenvalue weighted by Crippen LogP contribution is -2.46. The Morgan fingerprint density at radius 3 is 2.48 bits per heavy atom. The van der Waals surface area contributed by atoms with Crippen LogP contribution in [0.1, 0.15) is 46.7 Å². The fraction of sp³-hybridized carbons (Fsp3) is 0.667. The van der Waals surface area contributed by atoms with Gasteiger partial charge in [0.25, 0.3) is 5.91 Å². The summed E-state index contributed by atoms with van der Waals surface area (Å²) in [6.45, 7) is 10.1. The molecule has 0 bridgehead atoms. The number of amides is 1. The van der Waals surface area contributed by atoms with Gasteiger partial charge in [-0.3, -0.25) is 9.69 Å². The van der Waals surface area contributed by atoms with Crippen molar-refractivity contribution < 1.29 is 4.79 Å². The number of carbonyl (C=O) groups is 1. The number of hydrogen-bond donors (Lipinski definition) is 1. The molecule has 25 heavy (non-hydrogen) atoms. The van der Waals surface area contributed by atoms with Gasteiger partial charge in [0.1, 0.15) is 17.0 Å². The summed E-state index contributed by atoms with van der Waals surface area (Å²) in [6, 6.07) is 0. The van der Waals surface area contributed by atoms with Crippen LogP contribution in [0.4, 0.5) is 5.00 Å². The smallest absolute Gasteiger partial charge is 0.264 e. The van der Waals surface area contributed by atoms with Crippen LogP contribution < -0.4 is 5.32 Å². The van der Waals surface area contributed by atoms with E-state index in [1.165, 1.54) is 5.56 Å². The van der Waals surface area contributed by atoms with E-state index >= 15 is 0 Å². The highest BCUT2D eigenvalue weighted by Crippen LogP contribution is 2.43. The Balaban J connectivity index is 1.66. The minimum Gasteiger partial charge on any atom is -0.338 e. The van der Waals surface area contributed by atoms with Crippen LogP contribution in [0, 0.1) is 6.92 Å². The number of likely N-dealkylation sites (N-methyl/N-ethyl adjacent to an activating group) is 1. The molecule has 3 aliphatic rings. The van der Waals surface area contributed by atoms with Crippen molar-refractivity contribution in [3.63, 3.8) is 0 Å². The number of nitrogens with one attached hydrogen (secondary N) is 1. The SMILES string of the molecule is CC1=NC(N2CCN(C)CC2)c2c(sc(C(=O)N3CCCC3)c2C)N1. The molecule has 1 N–H and O–H groups in total. The van der Waals surface area contributed by atoms with Gasteiger partial charge in [-0.25, -0.2) is 4.99 Å². The number of anilines is 1. The van der Waals surface area contributed by atoms with E-state index in [1.807, 2.05) is 11.8 Å². The first-order valence-corrected chi connectivity index (χ1v) is 10.0. The lowest BCUT2D eigenvalue weighted by atomic mass is 10.1. The van der Waals surface area contributed by atoms with E-state index in [1.54, 1.807) is 11.3 Å². The fourth-order valence-corrected chi connectivity index (χ4v) is 5.22. The highest BCUT2D eigenvalue weighted by Gasteiger charge is 2.34. The molecule has 0 spiro atoms. The second-order valence-corrected chi connectivity index (χ2v) is 8.37. The van der Waals surface area contributed by atoms with Crippen molar-refractivity contribution in [3.05, 3.63) is 16.0 Å². The van der Waals surface area contributed by atoms with Crippen molar-refractivity contribution in [3.8, 4) is 0 Å². The maximum atomic E-state index is 12.9. The van der Waals surface area contributed by atoms with Crippen molar-refractivity contribution in [1.82, 2.24) is 14.7 Å². The number of likely N-dealkylation sites (tertiary alicyclic amines) is 1. The number of thiophene rings is 1. The van der Waals surface area contributed by atoms with Gasteiger partial charge in [-0.15, -0.1) is 11.3 Å². The average Bonchev–Trinajstić information content (AvgIpc) is 3.23. The number of aliphatic imine (C=N–C) groups is 1. The van der Waals surface area contributed by atoms with Crippen LogP contribution in [-0.4, -0.2) is 72.8 Å². The van der Waals surface area contributed by atoms with Crippen LogP contribution in [0.15, 0.2) is 4.99 Å². The van der Waals surface area contributed by atoms with Crippen LogP contribution in [0.25, 0.3) is 0 Å². The van der Waals surface area contributed by atoms with Gasteiger partial charge in [0.05, 0.1) is 4.88 Å². The van der Waals surface area contributed by atoms with Crippen molar-refractivity contribution >= 4 is 28.1 Å². The Labute approximate surface area is 153 Å². The molecule has 3 aliphatic heterocycles. The Morgan fingerprint density at radius 2 is 1.80 bits per heavy atom. The third-order valence-electron chi connectivity index (χ3n) is 5.53. The van der Waals surface area contributed by atoms with Crippen LogP contribution in [0.2, 0.25) is 0 Å². The molecule has 1 unspecified atom stereocenters. The summed E-state index contributed by atoms with van der Waals surface area (Å²) in [5.74, 6) is 1.14. The lowest BCUT2D eigenvalue weighted by molar-refractivity contribution is 0.0796. The van der Waals surface area contributed by atoms with E-state index in [0.717, 1.165) is 73.4 Å². The monoisotopic (exact) mass is 361 g/mol. The summed E-state index contributed by atoms with van der Waals surface area (Å²) >= 11 is 1.61. The average molecular weight is 362 g/mol.